The van der Waals surface area contributed by atoms with Crippen LogP contribution < -0.4 is 0 Å². The Hall–Kier alpha value is -2.11. The minimum absolute atomic E-state index is 0.754. The van der Waals surface area contributed by atoms with Crippen LogP contribution in [-0.2, 0) is 0 Å². The van der Waals surface area contributed by atoms with Crippen molar-refractivity contribution in [1.29, 1.82) is 0 Å². The number of rotatable bonds is 4. The molecule has 0 saturated carbocycles. The van der Waals surface area contributed by atoms with Crippen LogP contribution in [0.1, 0.15) is 25.3 Å². The number of aromatic nitrogens is 2. The number of aliphatic imine (C=N–C) groups is 1. The van der Waals surface area contributed by atoms with Gasteiger partial charge in [-0.25, -0.2) is 15.0 Å². The Kier molecular flexibility index (Phi) is 4.85. The fourth-order valence-corrected chi connectivity index (χ4v) is 4.46. The van der Waals surface area contributed by atoms with Crippen LogP contribution in [0.5, 0.6) is 0 Å². The summed E-state index contributed by atoms with van der Waals surface area (Å²) >= 11 is 3.25. The maximum atomic E-state index is 4.88. The molecule has 0 amide bonds. The first-order chi connectivity index (χ1) is 12.3. The predicted octanol–water partition coefficient (Wildman–Crippen LogP) is 6.01. The maximum Gasteiger partial charge on any atom is 0.193 e. The monoisotopic (exact) mass is 363 g/mol. The zero-order valence-corrected chi connectivity index (χ0v) is 15.5. The van der Waals surface area contributed by atoms with Crippen LogP contribution >= 0.6 is 23.5 Å². The lowest BCUT2D eigenvalue weighted by Crippen LogP contribution is -2.00. The van der Waals surface area contributed by atoms with Crippen molar-refractivity contribution in [2.24, 2.45) is 4.99 Å². The first-order valence-electron chi connectivity index (χ1n) is 8.28. The third kappa shape index (κ3) is 3.62. The van der Waals surface area contributed by atoms with Crippen LogP contribution in [0.3, 0.4) is 0 Å². The topological polar surface area (TPSA) is 38.1 Å². The molecule has 0 radical (unpaired) electrons. The molecule has 1 aromatic heterocycles. The van der Waals surface area contributed by atoms with Gasteiger partial charge in [-0.05, 0) is 36.4 Å². The van der Waals surface area contributed by atoms with Gasteiger partial charge in [-0.15, -0.1) is 0 Å². The highest BCUT2D eigenvalue weighted by Gasteiger charge is 2.18. The van der Waals surface area contributed by atoms with E-state index in [1.165, 1.54) is 10.5 Å². The Balaban J connectivity index is 1.73. The minimum Gasteiger partial charge on any atom is -0.248 e. The summed E-state index contributed by atoms with van der Waals surface area (Å²) in [5.41, 5.74) is 3.20. The van der Waals surface area contributed by atoms with Crippen LogP contribution in [0.2, 0.25) is 0 Å². The Labute approximate surface area is 156 Å². The molecule has 1 aliphatic heterocycles. The van der Waals surface area contributed by atoms with E-state index in [1.807, 2.05) is 24.4 Å². The fraction of sp³-hybridized carbons (Fsp3) is 0.150. The van der Waals surface area contributed by atoms with Crippen molar-refractivity contribution in [2.75, 3.05) is 0 Å². The minimum atomic E-state index is 0.754. The summed E-state index contributed by atoms with van der Waals surface area (Å²) in [6, 6.07) is 18.6. The Morgan fingerprint density at radius 1 is 1.00 bits per heavy atom. The van der Waals surface area contributed by atoms with Crippen molar-refractivity contribution in [1.82, 2.24) is 9.97 Å². The lowest BCUT2D eigenvalue weighted by atomic mass is 10.1. The van der Waals surface area contributed by atoms with Gasteiger partial charge in [-0.1, -0.05) is 61.5 Å². The molecule has 2 heterocycles. The quantitative estimate of drug-likeness (QED) is 0.420. The Morgan fingerprint density at radius 2 is 1.80 bits per heavy atom. The largest absolute Gasteiger partial charge is 0.248 e. The lowest BCUT2D eigenvalue weighted by molar-refractivity contribution is 0.891. The summed E-state index contributed by atoms with van der Waals surface area (Å²) in [6.07, 6.45) is 3.87. The van der Waals surface area contributed by atoms with Gasteiger partial charge in [0, 0.05) is 21.1 Å². The summed E-state index contributed by atoms with van der Waals surface area (Å²) in [7, 11) is 0. The highest BCUT2D eigenvalue weighted by molar-refractivity contribution is 8.00. The van der Waals surface area contributed by atoms with Gasteiger partial charge in [0.25, 0.3) is 0 Å². The highest BCUT2D eigenvalue weighted by Crippen LogP contribution is 2.40. The number of benzene rings is 2. The van der Waals surface area contributed by atoms with Crippen LogP contribution in [0.25, 0.3) is 0 Å². The smallest absolute Gasteiger partial charge is 0.193 e. The average Bonchev–Trinajstić information content (AvgIpc) is 2.79. The van der Waals surface area contributed by atoms with Crippen molar-refractivity contribution < 1.29 is 0 Å². The van der Waals surface area contributed by atoms with Crippen molar-refractivity contribution >= 4 is 34.9 Å². The van der Waals surface area contributed by atoms with Gasteiger partial charge in [0.1, 0.15) is 10.7 Å². The van der Waals surface area contributed by atoms with Gasteiger partial charge >= 0.3 is 0 Å². The maximum absolute atomic E-state index is 4.88. The first-order valence-corrected chi connectivity index (χ1v) is 9.91. The Morgan fingerprint density at radius 3 is 2.64 bits per heavy atom. The molecular weight excluding hydrogens is 346 g/mol. The molecule has 5 heteroatoms. The summed E-state index contributed by atoms with van der Waals surface area (Å²) < 4.78 is 0. The molecule has 0 aliphatic carbocycles. The van der Waals surface area contributed by atoms with E-state index in [1.54, 1.807) is 23.5 Å². The van der Waals surface area contributed by atoms with Gasteiger partial charge in [0.15, 0.2) is 5.16 Å². The molecule has 0 bridgehead atoms. The molecule has 25 heavy (non-hydrogen) atoms. The molecule has 2 aromatic carbocycles. The van der Waals surface area contributed by atoms with E-state index < -0.39 is 0 Å². The van der Waals surface area contributed by atoms with Gasteiger partial charge in [-0.2, -0.15) is 0 Å². The highest BCUT2D eigenvalue weighted by atomic mass is 32.2. The van der Waals surface area contributed by atoms with Crippen LogP contribution in [0.15, 0.2) is 85.8 Å². The van der Waals surface area contributed by atoms with Crippen LogP contribution in [0, 0.1) is 0 Å². The molecule has 124 valence electrons. The molecule has 0 spiro atoms. The van der Waals surface area contributed by atoms with E-state index in [-0.39, 0.29) is 0 Å². The van der Waals surface area contributed by atoms with E-state index in [0.717, 1.165) is 39.3 Å². The van der Waals surface area contributed by atoms with E-state index in [9.17, 15) is 0 Å². The molecule has 3 nitrogen and oxygen atoms in total. The van der Waals surface area contributed by atoms with Crippen molar-refractivity contribution in [3.63, 3.8) is 0 Å². The lowest BCUT2D eigenvalue weighted by Gasteiger charge is -2.07. The third-order valence-electron chi connectivity index (χ3n) is 3.81. The van der Waals surface area contributed by atoms with Crippen LogP contribution in [-0.4, -0.2) is 15.7 Å². The van der Waals surface area contributed by atoms with E-state index in [2.05, 4.69) is 48.3 Å². The Bertz CT molecular complexity index is 923. The molecule has 1 aliphatic rings. The number of fused-ring (bicyclic) bond motifs is 2. The number of hydrogen-bond acceptors (Lipinski definition) is 5. The second kappa shape index (κ2) is 7.42. The summed E-state index contributed by atoms with van der Waals surface area (Å²) in [4.78, 5) is 16.5. The van der Waals surface area contributed by atoms with Crippen molar-refractivity contribution in [2.45, 2.75) is 39.7 Å². The molecule has 0 N–H and O–H groups in total. The predicted molar refractivity (Wildman–Crippen MR) is 104 cm³/mol. The third-order valence-corrected chi connectivity index (χ3v) is 5.77. The SMILES string of the molecule is CCCC1=Nc2cnc(Sc3ccccc3)nc2Sc2ccccc21. The fourth-order valence-electron chi connectivity index (χ4n) is 2.67. The molecule has 0 atom stereocenters. The van der Waals surface area contributed by atoms with Crippen LogP contribution in [0.4, 0.5) is 5.69 Å². The normalized spacial score (nSPS) is 12.8. The van der Waals surface area contributed by atoms with Gasteiger partial charge < -0.3 is 0 Å². The molecule has 4 rings (SSSR count). The first kappa shape index (κ1) is 16.4. The van der Waals surface area contributed by atoms with E-state index in [0.29, 0.717) is 0 Å². The molecule has 0 saturated heterocycles. The zero-order chi connectivity index (χ0) is 17.1. The van der Waals surface area contributed by atoms with Gasteiger partial charge in [0.05, 0.1) is 6.20 Å². The van der Waals surface area contributed by atoms with Crippen molar-refractivity contribution in [3.05, 3.63) is 66.4 Å². The van der Waals surface area contributed by atoms with Gasteiger partial charge in [-0.3, -0.25) is 0 Å². The van der Waals surface area contributed by atoms with E-state index >= 15 is 0 Å². The second-order valence-corrected chi connectivity index (χ2v) is 7.74. The standard InChI is InChI=1S/C20H17N3S2/c1-2-8-16-15-11-6-7-12-18(15)25-19-17(22-16)13-21-20(23-19)24-14-9-4-3-5-10-14/h3-7,9-13H,2,8H2,1H3. The van der Waals surface area contributed by atoms with E-state index in [4.69, 9.17) is 9.98 Å². The molecule has 0 unspecified atom stereocenters. The number of hydrogen-bond donors (Lipinski definition) is 0. The average molecular weight is 364 g/mol. The summed E-state index contributed by atoms with van der Waals surface area (Å²) in [6.45, 7) is 2.18. The second-order valence-electron chi connectivity index (χ2n) is 5.66. The molecule has 3 aromatic rings. The molecule has 0 fully saturated rings. The number of nitrogens with zero attached hydrogens (tertiary/aromatic N) is 3. The van der Waals surface area contributed by atoms with Gasteiger partial charge in [0.2, 0.25) is 0 Å². The molecular formula is C20H17N3S2. The summed E-state index contributed by atoms with van der Waals surface area (Å²) in [5, 5.41) is 1.68. The zero-order valence-electron chi connectivity index (χ0n) is 13.8. The summed E-state index contributed by atoms with van der Waals surface area (Å²) in [5.74, 6) is 0. The van der Waals surface area contributed by atoms with Crippen molar-refractivity contribution in [3.8, 4) is 0 Å².